The Morgan fingerprint density at radius 1 is 2.00 bits per heavy atom. The Balaban J connectivity index is 2.28. The average molecular weight is 114 g/mol. The molecule has 0 fully saturated rings. The summed E-state index contributed by atoms with van der Waals surface area (Å²) >= 11 is 1.64. The summed E-state index contributed by atoms with van der Waals surface area (Å²) in [5.74, 6) is 0.955. The fourth-order valence-electron chi connectivity index (χ4n) is 0.380. The van der Waals surface area contributed by atoms with Gasteiger partial charge in [0.25, 0.3) is 0 Å². The second kappa shape index (κ2) is 2.38. The van der Waals surface area contributed by atoms with E-state index >= 15 is 0 Å². The van der Waals surface area contributed by atoms with Crippen molar-refractivity contribution in [1.29, 1.82) is 0 Å². The van der Waals surface area contributed by atoms with Gasteiger partial charge in [0.05, 0.1) is 0 Å². The molecule has 38 valence electrons. The largest absolute Gasteiger partial charge is 0.370 e. The highest BCUT2D eigenvalue weighted by Crippen LogP contribution is 2.20. The molecule has 0 bridgehead atoms. The molecule has 2 radical (unpaired) electrons. The van der Waals surface area contributed by atoms with E-state index in [4.69, 9.17) is 4.74 Å². The van der Waals surface area contributed by atoms with Crippen molar-refractivity contribution < 1.29 is 4.74 Å². The van der Waals surface area contributed by atoms with Crippen molar-refractivity contribution in [2.75, 3.05) is 12.9 Å². The van der Waals surface area contributed by atoms with E-state index in [1.54, 1.807) is 18.9 Å². The van der Waals surface area contributed by atoms with Crippen molar-refractivity contribution in [3.8, 4) is 0 Å². The Morgan fingerprint density at radius 2 is 2.86 bits per heavy atom. The number of methoxy groups -OCH3 is 1. The zero-order valence-electron chi connectivity index (χ0n) is 4.10. The molecule has 1 aliphatic heterocycles. The third-order valence-electron chi connectivity index (χ3n) is 0.780. The van der Waals surface area contributed by atoms with E-state index in [2.05, 4.69) is 5.41 Å². The van der Waals surface area contributed by atoms with Gasteiger partial charge in [-0.2, -0.15) is 0 Å². The van der Waals surface area contributed by atoms with Crippen molar-refractivity contribution in [1.82, 2.24) is 0 Å². The highest BCUT2D eigenvalue weighted by molar-refractivity contribution is 8.01. The van der Waals surface area contributed by atoms with Crippen molar-refractivity contribution >= 4 is 11.8 Å². The van der Waals surface area contributed by atoms with Gasteiger partial charge in [0.1, 0.15) is 6.10 Å². The Kier molecular flexibility index (Phi) is 1.77. The van der Waals surface area contributed by atoms with Crippen LogP contribution in [0.4, 0.5) is 0 Å². The van der Waals surface area contributed by atoms with Crippen LogP contribution in [0.2, 0.25) is 0 Å². The van der Waals surface area contributed by atoms with E-state index in [0.29, 0.717) is 0 Å². The molecular formula is C5H6OS. The Labute approximate surface area is 47.7 Å². The van der Waals surface area contributed by atoms with Gasteiger partial charge >= 0.3 is 0 Å². The lowest BCUT2D eigenvalue weighted by molar-refractivity contribution is 0.245. The number of thioether (sulfide) groups is 1. The van der Waals surface area contributed by atoms with Gasteiger partial charge in [-0.25, -0.2) is 0 Å². The summed E-state index contributed by atoms with van der Waals surface area (Å²) in [7, 11) is 1.68. The zero-order valence-corrected chi connectivity index (χ0v) is 4.92. The maximum absolute atomic E-state index is 4.89. The highest BCUT2D eigenvalue weighted by Gasteiger charge is 2.07. The molecule has 0 spiro atoms. The molecule has 1 nitrogen and oxygen atoms in total. The maximum Gasteiger partial charge on any atom is 0.130 e. The van der Waals surface area contributed by atoms with E-state index in [1.807, 2.05) is 6.08 Å². The standard InChI is InChI=1S/C5H6OS/c1-6-5-2-3-7-4-5/h2H,4H2,1H3. The van der Waals surface area contributed by atoms with Gasteiger partial charge in [-0.05, 0) is 6.08 Å². The predicted molar refractivity (Wildman–Crippen MR) is 30.5 cm³/mol. The fourth-order valence-corrected chi connectivity index (χ4v) is 1.02. The van der Waals surface area contributed by atoms with E-state index in [1.165, 1.54) is 0 Å². The van der Waals surface area contributed by atoms with Gasteiger partial charge in [-0.3, -0.25) is 0 Å². The summed E-state index contributed by atoms with van der Waals surface area (Å²) in [5.41, 5.74) is 0. The third-order valence-corrected chi connectivity index (χ3v) is 1.49. The molecule has 0 aliphatic carbocycles. The second-order valence-corrected chi connectivity index (χ2v) is 2.03. The SMILES string of the molecule is CO[C]1C=[C]SC1. The van der Waals surface area contributed by atoms with E-state index in [0.717, 1.165) is 11.9 Å². The molecule has 1 rings (SSSR count). The van der Waals surface area contributed by atoms with Gasteiger partial charge in [-0.15, -0.1) is 11.8 Å². The van der Waals surface area contributed by atoms with Crippen molar-refractivity contribution in [3.63, 3.8) is 0 Å². The lowest BCUT2D eigenvalue weighted by Crippen LogP contribution is -1.93. The molecule has 0 unspecified atom stereocenters. The Morgan fingerprint density at radius 3 is 3.14 bits per heavy atom. The molecule has 7 heavy (non-hydrogen) atoms. The first-order chi connectivity index (χ1) is 3.43. The molecular weight excluding hydrogens is 108 g/mol. The van der Waals surface area contributed by atoms with Crippen LogP contribution < -0.4 is 0 Å². The van der Waals surface area contributed by atoms with Gasteiger partial charge in [-0.1, -0.05) is 0 Å². The van der Waals surface area contributed by atoms with Crippen LogP contribution in [-0.4, -0.2) is 12.9 Å². The topological polar surface area (TPSA) is 9.23 Å². The first-order valence-electron chi connectivity index (χ1n) is 2.04. The molecule has 0 N–H and O–H groups in total. The summed E-state index contributed by atoms with van der Waals surface area (Å²) in [6.07, 6.45) is 2.88. The number of rotatable bonds is 1. The van der Waals surface area contributed by atoms with E-state index in [9.17, 15) is 0 Å². The average Bonchev–Trinajstić information content (AvgIpc) is 2.14. The predicted octanol–water partition coefficient (Wildman–Crippen LogP) is 1.23. The molecule has 1 aliphatic rings. The van der Waals surface area contributed by atoms with Crippen molar-refractivity contribution in [3.05, 3.63) is 17.6 Å². The minimum atomic E-state index is 0.955. The first-order valence-corrected chi connectivity index (χ1v) is 3.02. The molecule has 0 saturated heterocycles. The molecule has 0 aromatic carbocycles. The maximum atomic E-state index is 4.89. The van der Waals surface area contributed by atoms with Crippen LogP contribution in [-0.2, 0) is 4.74 Å². The Hall–Kier alpha value is 0.0500. The van der Waals surface area contributed by atoms with Crippen LogP contribution in [0.25, 0.3) is 0 Å². The molecule has 0 aromatic rings. The zero-order chi connectivity index (χ0) is 5.11. The molecule has 0 saturated carbocycles. The van der Waals surface area contributed by atoms with Crippen LogP contribution in [0.1, 0.15) is 0 Å². The highest BCUT2D eigenvalue weighted by atomic mass is 32.2. The molecule has 2 heteroatoms. The van der Waals surface area contributed by atoms with Crippen LogP contribution in [0.3, 0.4) is 0 Å². The first kappa shape index (κ1) is 5.19. The molecule has 0 aromatic heterocycles. The van der Waals surface area contributed by atoms with Crippen molar-refractivity contribution in [2.45, 2.75) is 0 Å². The summed E-state index contributed by atoms with van der Waals surface area (Å²) < 4.78 is 4.89. The molecule has 1 heterocycles. The molecule has 0 amide bonds. The van der Waals surface area contributed by atoms with Gasteiger partial charge in [0.15, 0.2) is 0 Å². The second-order valence-electron chi connectivity index (χ2n) is 1.22. The summed E-state index contributed by atoms with van der Waals surface area (Å²) in [5, 5.41) is 2.95. The number of hydrogen-bond donors (Lipinski definition) is 0. The van der Waals surface area contributed by atoms with Crippen LogP contribution in [0, 0.1) is 11.5 Å². The minimum Gasteiger partial charge on any atom is -0.370 e. The van der Waals surface area contributed by atoms with Gasteiger partial charge < -0.3 is 4.74 Å². The van der Waals surface area contributed by atoms with Crippen LogP contribution >= 0.6 is 11.8 Å². The summed E-state index contributed by atoms with van der Waals surface area (Å²) in [4.78, 5) is 0. The minimum absolute atomic E-state index is 0.955. The number of ether oxygens (including phenoxy) is 1. The van der Waals surface area contributed by atoms with Crippen molar-refractivity contribution in [2.24, 2.45) is 0 Å². The number of hydrogen-bond acceptors (Lipinski definition) is 2. The van der Waals surface area contributed by atoms with Gasteiger partial charge in [0, 0.05) is 18.3 Å². The van der Waals surface area contributed by atoms with Gasteiger partial charge in [0.2, 0.25) is 0 Å². The fraction of sp³-hybridized carbons (Fsp3) is 0.400. The summed E-state index contributed by atoms with van der Waals surface area (Å²) in [6, 6.07) is 0. The smallest absolute Gasteiger partial charge is 0.130 e. The van der Waals surface area contributed by atoms with E-state index in [-0.39, 0.29) is 0 Å². The third kappa shape index (κ3) is 1.21. The lowest BCUT2D eigenvalue weighted by atomic mass is 10.4. The summed E-state index contributed by atoms with van der Waals surface area (Å²) in [6.45, 7) is 0. The lowest BCUT2D eigenvalue weighted by Gasteiger charge is -1.97. The monoisotopic (exact) mass is 114 g/mol. The normalized spacial score (nSPS) is 21.3. The molecule has 0 atom stereocenters. The van der Waals surface area contributed by atoms with Crippen LogP contribution in [0.5, 0.6) is 0 Å². The quantitative estimate of drug-likeness (QED) is 0.507. The van der Waals surface area contributed by atoms with Crippen LogP contribution in [0.15, 0.2) is 6.08 Å². The Bertz CT molecular complexity index is 80.1. The van der Waals surface area contributed by atoms with E-state index < -0.39 is 0 Å².